The summed E-state index contributed by atoms with van der Waals surface area (Å²) in [6.45, 7) is 0.888. The second-order valence-corrected chi connectivity index (χ2v) is 8.21. The summed E-state index contributed by atoms with van der Waals surface area (Å²) in [6.07, 6.45) is 2.11. The topological polar surface area (TPSA) is 112 Å². The van der Waals surface area contributed by atoms with Crippen LogP contribution >= 0.6 is 11.3 Å². The second kappa shape index (κ2) is 8.20. The SMILES string of the molecule is O=C(NCc1ccc(-c2csc(NC(=O)C3CCCN3C(=O)O)n2)cc1)C1CC1. The van der Waals surface area contributed by atoms with Crippen LogP contribution in [0.3, 0.4) is 0 Å². The highest BCUT2D eigenvalue weighted by Crippen LogP contribution is 2.29. The van der Waals surface area contributed by atoms with Crippen LogP contribution in [-0.2, 0) is 16.1 Å². The van der Waals surface area contributed by atoms with Crippen molar-refractivity contribution >= 4 is 34.4 Å². The van der Waals surface area contributed by atoms with Crippen LogP contribution in [-0.4, -0.2) is 45.5 Å². The van der Waals surface area contributed by atoms with E-state index in [0.717, 1.165) is 29.7 Å². The second-order valence-electron chi connectivity index (χ2n) is 7.35. The third-order valence-corrected chi connectivity index (χ3v) is 5.96. The van der Waals surface area contributed by atoms with Crippen LogP contribution in [0, 0.1) is 5.92 Å². The molecule has 152 valence electrons. The molecule has 1 aliphatic carbocycles. The average Bonchev–Trinajstić information content (AvgIpc) is 3.25. The average molecular weight is 414 g/mol. The molecule has 3 amide bonds. The van der Waals surface area contributed by atoms with Gasteiger partial charge in [-0.2, -0.15) is 0 Å². The maximum atomic E-state index is 12.4. The predicted molar refractivity (Wildman–Crippen MR) is 109 cm³/mol. The monoisotopic (exact) mass is 414 g/mol. The Bertz CT molecular complexity index is 923. The predicted octanol–water partition coefficient (Wildman–Crippen LogP) is 2.92. The summed E-state index contributed by atoms with van der Waals surface area (Å²) in [5.41, 5.74) is 2.66. The molecule has 3 N–H and O–H groups in total. The number of thiazole rings is 1. The molecule has 0 bridgehead atoms. The Morgan fingerprint density at radius 1 is 1.14 bits per heavy atom. The molecule has 2 heterocycles. The number of aromatic nitrogens is 1. The Morgan fingerprint density at radius 2 is 1.90 bits per heavy atom. The third-order valence-electron chi connectivity index (χ3n) is 5.20. The standard InChI is InChI=1S/C20H22N4O4S/c25-17(14-7-8-14)21-10-12-3-5-13(6-4-12)15-11-29-19(22-15)23-18(26)16-2-1-9-24(16)20(27)28/h3-6,11,14,16H,1-2,7-10H2,(H,21,25)(H,27,28)(H,22,23,26). The van der Waals surface area contributed by atoms with E-state index in [2.05, 4.69) is 15.6 Å². The van der Waals surface area contributed by atoms with Gasteiger partial charge in [-0.1, -0.05) is 24.3 Å². The van der Waals surface area contributed by atoms with Crippen molar-refractivity contribution in [2.75, 3.05) is 11.9 Å². The molecule has 1 aromatic heterocycles. The Morgan fingerprint density at radius 3 is 2.59 bits per heavy atom. The van der Waals surface area contributed by atoms with Crippen LogP contribution in [0.5, 0.6) is 0 Å². The van der Waals surface area contributed by atoms with Crippen molar-refractivity contribution in [3.8, 4) is 11.3 Å². The molecule has 4 rings (SSSR count). The molecule has 0 spiro atoms. The van der Waals surface area contributed by atoms with Crippen molar-refractivity contribution in [2.24, 2.45) is 5.92 Å². The van der Waals surface area contributed by atoms with Crippen molar-refractivity contribution in [3.63, 3.8) is 0 Å². The first kappa shape index (κ1) is 19.4. The minimum Gasteiger partial charge on any atom is -0.465 e. The van der Waals surface area contributed by atoms with E-state index in [1.807, 2.05) is 29.6 Å². The van der Waals surface area contributed by atoms with Gasteiger partial charge in [-0.25, -0.2) is 9.78 Å². The lowest BCUT2D eigenvalue weighted by atomic mass is 10.1. The van der Waals surface area contributed by atoms with Gasteiger partial charge >= 0.3 is 6.09 Å². The molecule has 2 fully saturated rings. The number of carboxylic acid groups (broad SMARTS) is 1. The first-order chi connectivity index (χ1) is 14.0. The Balaban J connectivity index is 1.35. The Labute approximate surface area is 171 Å². The van der Waals surface area contributed by atoms with Gasteiger partial charge in [0.1, 0.15) is 6.04 Å². The first-order valence-electron chi connectivity index (χ1n) is 9.64. The number of nitrogens with one attached hydrogen (secondary N) is 2. The summed E-state index contributed by atoms with van der Waals surface area (Å²) in [5.74, 6) is -0.0186. The molecule has 9 heteroatoms. The zero-order valence-corrected chi connectivity index (χ0v) is 16.6. The lowest BCUT2D eigenvalue weighted by Gasteiger charge is -2.19. The van der Waals surface area contributed by atoms with Crippen LogP contribution < -0.4 is 10.6 Å². The van der Waals surface area contributed by atoms with Crippen molar-refractivity contribution in [3.05, 3.63) is 35.2 Å². The highest BCUT2D eigenvalue weighted by molar-refractivity contribution is 7.14. The van der Waals surface area contributed by atoms with Crippen molar-refractivity contribution in [1.82, 2.24) is 15.2 Å². The van der Waals surface area contributed by atoms with Gasteiger partial charge in [-0.15, -0.1) is 11.3 Å². The normalized spacial score (nSPS) is 18.5. The summed E-state index contributed by atoms with van der Waals surface area (Å²) in [6, 6.07) is 7.10. The highest BCUT2D eigenvalue weighted by Gasteiger charge is 2.34. The van der Waals surface area contributed by atoms with Crippen molar-refractivity contribution in [1.29, 1.82) is 0 Å². The number of benzene rings is 1. The van der Waals surface area contributed by atoms with Gasteiger partial charge < -0.3 is 15.7 Å². The van der Waals surface area contributed by atoms with Crippen LogP contribution in [0.1, 0.15) is 31.2 Å². The Hall–Kier alpha value is -2.94. The minimum absolute atomic E-state index is 0.123. The fourth-order valence-electron chi connectivity index (χ4n) is 3.39. The Kier molecular flexibility index (Phi) is 5.48. The molecule has 1 saturated heterocycles. The van der Waals surface area contributed by atoms with E-state index in [0.29, 0.717) is 31.1 Å². The third kappa shape index (κ3) is 4.56. The van der Waals surface area contributed by atoms with E-state index >= 15 is 0 Å². The number of amides is 3. The fourth-order valence-corrected chi connectivity index (χ4v) is 4.12. The van der Waals surface area contributed by atoms with Gasteiger partial charge in [0.05, 0.1) is 5.69 Å². The summed E-state index contributed by atoms with van der Waals surface area (Å²) in [5, 5.41) is 17.2. The summed E-state index contributed by atoms with van der Waals surface area (Å²) in [4.78, 5) is 41.0. The van der Waals surface area contributed by atoms with E-state index < -0.39 is 12.1 Å². The van der Waals surface area contributed by atoms with Crippen LogP contribution in [0.15, 0.2) is 29.6 Å². The number of carbonyl (C=O) groups is 3. The van der Waals surface area contributed by atoms with E-state index in [-0.39, 0.29) is 17.7 Å². The number of likely N-dealkylation sites (tertiary alicyclic amines) is 1. The number of anilines is 1. The maximum Gasteiger partial charge on any atom is 0.407 e. The van der Waals surface area contributed by atoms with Crippen molar-refractivity contribution < 1.29 is 19.5 Å². The van der Waals surface area contributed by atoms with E-state index in [1.54, 1.807) is 0 Å². The number of hydrogen-bond donors (Lipinski definition) is 3. The largest absolute Gasteiger partial charge is 0.465 e. The molecular formula is C20H22N4O4S. The zero-order valence-electron chi connectivity index (χ0n) is 15.8. The van der Waals surface area contributed by atoms with Gasteiger partial charge in [-0.05, 0) is 31.2 Å². The molecule has 1 aromatic carbocycles. The summed E-state index contributed by atoms with van der Waals surface area (Å²) in [7, 11) is 0. The molecule has 2 aliphatic rings. The molecule has 2 aromatic rings. The van der Waals surface area contributed by atoms with Crippen LogP contribution in [0.2, 0.25) is 0 Å². The van der Waals surface area contributed by atoms with E-state index in [1.165, 1.54) is 16.2 Å². The molecule has 1 atom stereocenters. The van der Waals surface area contributed by atoms with Crippen LogP contribution in [0.4, 0.5) is 9.93 Å². The van der Waals surface area contributed by atoms with Gasteiger partial charge in [-0.3, -0.25) is 14.5 Å². The number of nitrogens with zero attached hydrogens (tertiary/aromatic N) is 2. The van der Waals surface area contributed by atoms with E-state index in [9.17, 15) is 19.5 Å². The van der Waals surface area contributed by atoms with E-state index in [4.69, 9.17) is 0 Å². The lowest BCUT2D eigenvalue weighted by molar-refractivity contribution is -0.122. The van der Waals surface area contributed by atoms with Gasteiger partial charge in [0.2, 0.25) is 11.8 Å². The quantitative estimate of drug-likeness (QED) is 0.673. The maximum absolute atomic E-state index is 12.4. The first-order valence-corrected chi connectivity index (χ1v) is 10.5. The minimum atomic E-state index is -1.07. The molecular weight excluding hydrogens is 392 g/mol. The highest BCUT2D eigenvalue weighted by atomic mass is 32.1. The summed E-state index contributed by atoms with van der Waals surface area (Å²) < 4.78 is 0. The molecule has 1 unspecified atom stereocenters. The van der Waals surface area contributed by atoms with Gasteiger partial charge in [0, 0.05) is 30.0 Å². The zero-order chi connectivity index (χ0) is 20.4. The lowest BCUT2D eigenvalue weighted by Crippen LogP contribution is -2.42. The molecule has 1 aliphatic heterocycles. The number of carbonyl (C=O) groups excluding carboxylic acids is 2. The molecule has 29 heavy (non-hydrogen) atoms. The molecule has 1 saturated carbocycles. The molecule has 8 nitrogen and oxygen atoms in total. The number of hydrogen-bond acceptors (Lipinski definition) is 5. The van der Waals surface area contributed by atoms with Gasteiger partial charge in [0.25, 0.3) is 0 Å². The van der Waals surface area contributed by atoms with Crippen molar-refractivity contribution in [2.45, 2.75) is 38.3 Å². The number of rotatable bonds is 6. The molecule has 0 radical (unpaired) electrons. The van der Waals surface area contributed by atoms with Crippen LogP contribution in [0.25, 0.3) is 11.3 Å². The fraction of sp³-hybridized carbons (Fsp3) is 0.400. The van der Waals surface area contributed by atoms with Gasteiger partial charge in [0.15, 0.2) is 5.13 Å². The smallest absolute Gasteiger partial charge is 0.407 e. The summed E-state index contributed by atoms with van der Waals surface area (Å²) >= 11 is 1.30.